The number of nitrogens with zero attached hydrogens (tertiary/aromatic N) is 2. The first kappa shape index (κ1) is 24.6. The molecule has 1 fully saturated rings. The Morgan fingerprint density at radius 1 is 1.16 bits per heavy atom. The first-order chi connectivity index (χ1) is 17.7. The summed E-state index contributed by atoms with van der Waals surface area (Å²) in [6, 6.07) is 11.1. The molecule has 0 unspecified atom stereocenters. The standard InChI is InChI=1S/C27H29N3O7/c1-36-23-8-16(5-6-21(23)31)19(10-24(28)33)27-26(35)22(32)9-18(37-27)14-29-11-15-7-17(13-29)20-3-2-4-25(34)30(20)12-15/h2-6,8-9,15,17,19,31,35H,7,10-14H2,1H3,(H2,28,33)/t15-,17+,19-/m1/s1. The van der Waals surface area contributed by atoms with Gasteiger partial charge in [-0.05, 0) is 36.1 Å². The molecule has 10 heteroatoms. The van der Waals surface area contributed by atoms with E-state index in [-0.39, 0.29) is 35.2 Å². The molecule has 1 aromatic carbocycles. The van der Waals surface area contributed by atoms with Crippen molar-refractivity contribution in [1.29, 1.82) is 0 Å². The van der Waals surface area contributed by atoms with Crippen molar-refractivity contribution >= 4 is 5.91 Å². The number of carbonyl (C=O) groups is 1. The van der Waals surface area contributed by atoms with Crippen LogP contribution in [0.5, 0.6) is 17.2 Å². The van der Waals surface area contributed by atoms with Crippen LogP contribution in [-0.4, -0.2) is 45.8 Å². The minimum atomic E-state index is -0.862. The van der Waals surface area contributed by atoms with Gasteiger partial charge in [-0.15, -0.1) is 0 Å². The van der Waals surface area contributed by atoms with Crippen molar-refractivity contribution in [2.75, 3.05) is 20.2 Å². The van der Waals surface area contributed by atoms with Crippen LogP contribution in [0.25, 0.3) is 0 Å². The predicted molar refractivity (Wildman–Crippen MR) is 134 cm³/mol. The SMILES string of the molecule is COc1cc([C@@H](CC(N)=O)c2oc(CN3C[C@H]4C[C@@H](C3)c3cccc(=O)n3C4)cc(=O)c2O)ccc1O. The van der Waals surface area contributed by atoms with Crippen molar-refractivity contribution in [2.24, 2.45) is 11.7 Å². The molecule has 5 rings (SSSR count). The highest BCUT2D eigenvalue weighted by Crippen LogP contribution is 2.38. The van der Waals surface area contributed by atoms with Gasteiger partial charge in [-0.25, -0.2) is 0 Å². The molecule has 4 heterocycles. The van der Waals surface area contributed by atoms with E-state index in [0.717, 1.165) is 18.7 Å². The molecule has 0 radical (unpaired) electrons. The number of hydrogen-bond acceptors (Lipinski definition) is 8. The van der Waals surface area contributed by atoms with Gasteiger partial charge in [-0.3, -0.25) is 19.3 Å². The van der Waals surface area contributed by atoms with E-state index < -0.39 is 23.0 Å². The number of pyridine rings is 1. The number of aromatic hydroxyl groups is 2. The number of piperidine rings is 1. The van der Waals surface area contributed by atoms with E-state index in [4.69, 9.17) is 14.9 Å². The number of phenols is 1. The van der Waals surface area contributed by atoms with Gasteiger partial charge in [-0.2, -0.15) is 0 Å². The van der Waals surface area contributed by atoms with Crippen molar-refractivity contribution in [3.05, 3.63) is 85.8 Å². The van der Waals surface area contributed by atoms with E-state index in [1.807, 2.05) is 10.6 Å². The number of nitrogens with two attached hydrogens (primary N) is 1. The molecule has 4 N–H and O–H groups in total. The van der Waals surface area contributed by atoms with Crippen LogP contribution in [0.2, 0.25) is 0 Å². The zero-order chi connectivity index (χ0) is 26.3. The van der Waals surface area contributed by atoms with Crippen molar-refractivity contribution in [3.8, 4) is 17.2 Å². The molecule has 3 aromatic rings. The highest BCUT2D eigenvalue weighted by atomic mass is 16.5. The topological polar surface area (TPSA) is 148 Å². The Balaban J connectivity index is 1.46. The fourth-order valence-electron chi connectivity index (χ4n) is 5.69. The Kier molecular flexibility index (Phi) is 6.51. The molecule has 2 bridgehead atoms. The van der Waals surface area contributed by atoms with E-state index in [0.29, 0.717) is 36.9 Å². The summed E-state index contributed by atoms with van der Waals surface area (Å²) in [6.45, 7) is 2.40. The summed E-state index contributed by atoms with van der Waals surface area (Å²) in [4.78, 5) is 39.2. The molecule has 37 heavy (non-hydrogen) atoms. The van der Waals surface area contributed by atoms with Gasteiger partial charge in [-0.1, -0.05) is 12.1 Å². The molecule has 2 aliphatic heterocycles. The van der Waals surface area contributed by atoms with Gasteiger partial charge in [0.2, 0.25) is 17.1 Å². The average Bonchev–Trinajstić information content (AvgIpc) is 2.86. The van der Waals surface area contributed by atoms with Crippen LogP contribution in [0.4, 0.5) is 0 Å². The van der Waals surface area contributed by atoms with Crippen molar-refractivity contribution in [1.82, 2.24) is 9.47 Å². The van der Waals surface area contributed by atoms with Gasteiger partial charge in [0.05, 0.1) is 19.6 Å². The molecular formula is C27H29N3O7. The van der Waals surface area contributed by atoms with Gasteiger partial charge in [0.1, 0.15) is 5.76 Å². The van der Waals surface area contributed by atoms with E-state index in [1.165, 1.54) is 25.3 Å². The summed E-state index contributed by atoms with van der Waals surface area (Å²) in [5, 5.41) is 20.6. The number of likely N-dealkylation sites (tertiary alicyclic amines) is 1. The molecule has 2 aliphatic rings. The highest BCUT2D eigenvalue weighted by Gasteiger charge is 2.35. The summed E-state index contributed by atoms with van der Waals surface area (Å²) < 4.78 is 13.1. The quantitative estimate of drug-likeness (QED) is 0.439. The van der Waals surface area contributed by atoms with Gasteiger partial charge in [0.15, 0.2) is 17.3 Å². The van der Waals surface area contributed by atoms with Gasteiger partial charge < -0.3 is 29.7 Å². The number of carbonyl (C=O) groups excluding carboxylic acids is 1. The second-order valence-corrected chi connectivity index (χ2v) is 9.84. The number of aromatic nitrogens is 1. The van der Waals surface area contributed by atoms with E-state index in [2.05, 4.69) is 4.90 Å². The van der Waals surface area contributed by atoms with E-state index in [1.54, 1.807) is 18.2 Å². The Labute approximate surface area is 212 Å². The lowest BCUT2D eigenvalue weighted by molar-refractivity contribution is -0.118. The number of ether oxygens (including phenoxy) is 1. The number of phenolic OH excluding ortho intramolecular Hbond substituents is 1. The number of methoxy groups -OCH3 is 1. The van der Waals surface area contributed by atoms with Crippen molar-refractivity contribution in [2.45, 2.75) is 37.8 Å². The maximum absolute atomic E-state index is 12.8. The van der Waals surface area contributed by atoms with Gasteiger partial charge in [0, 0.05) is 49.8 Å². The third-order valence-corrected chi connectivity index (χ3v) is 7.26. The third-order valence-electron chi connectivity index (χ3n) is 7.26. The fourth-order valence-corrected chi connectivity index (χ4v) is 5.69. The third kappa shape index (κ3) is 4.84. The smallest absolute Gasteiger partial charge is 0.250 e. The number of amides is 1. The normalized spacial score (nSPS) is 19.7. The molecule has 2 aromatic heterocycles. The monoisotopic (exact) mass is 507 g/mol. The van der Waals surface area contributed by atoms with Gasteiger partial charge in [0.25, 0.3) is 5.56 Å². The van der Waals surface area contributed by atoms with Gasteiger partial charge >= 0.3 is 0 Å². The summed E-state index contributed by atoms with van der Waals surface area (Å²) in [5.74, 6) is -1.26. The second kappa shape index (κ2) is 9.78. The summed E-state index contributed by atoms with van der Waals surface area (Å²) in [6.07, 6.45) is 0.765. The largest absolute Gasteiger partial charge is 0.504 e. The van der Waals surface area contributed by atoms with Crippen LogP contribution in [-0.2, 0) is 17.9 Å². The van der Waals surface area contributed by atoms with Crippen molar-refractivity contribution < 1.29 is 24.2 Å². The lowest BCUT2D eigenvalue weighted by Gasteiger charge is -2.42. The summed E-state index contributed by atoms with van der Waals surface area (Å²) >= 11 is 0. The lowest BCUT2D eigenvalue weighted by Crippen LogP contribution is -2.46. The molecule has 194 valence electrons. The predicted octanol–water partition coefficient (Wildman–Crippen LogP) is 1.85. The first-order valence-electron chi connectivity index (χ1n) is 12.2. The van der Waals surface area contributed by atoms with Crippen molar-refractivity contribution in [3.63, 3.8) is 0 Å². The number of rotatable bonds is 7. The minimum absolute atomic E-state index is 0.0150. The Bertz CT molecular complexity index is 1460. The Morgan fingerprint density at radius 2 is 1.97 bits per heavy atom. The van der Waals surface area contributed by atoms with Crippen LogP contribution in [0.15, 0.2) is 56.5 Å². The molecule has 0 spiro atoms. The van der Waals surface area contributed by atoms with Crippen LogP contribution >= 0.6 is 0 Å². The average molecular weight is 508 g/mol. The van der Waals surface area contributed by atoms with Crippen LogP contribution in [0.3, 0.4) is 0 Å². The molecule has 10 nitrogen and oxygen atoms in total. The zero-order valence-electron chi connectivity index (χ0n) is 20.4. The lowest BCUT2D eigenvalue weighted by atomic mass is 9.83. The maximum atomic E-state index is 12.8. The Hall–Kier alpha value is -4.05. The molecule has 1 amide bonds. The Morgan fingerprint density at radius 3 is 2.73 bits per heavy atom. The molecule has 0 aliphatic carbocycles. The maximum Gasteiger partial charge on any atom is 0.250 e. The zero-order valence-corrected chi connectivity index (χ0v) is 20.4. The molecule has 3 atom stereocenters. The van der Waals surface area contributed by atoms with Crippen LogP contribution < -0.4 is 21.5 Å². The van der Waals surface area contributed by atoms with Crippen LogP contribution in [0, 0.1) is 5.92 Å². The number of primary amides is 1. The molecule has 1 saturated heterocycles. The summed E-state index contributed by atoms with van der Waals surface area (Å²) in [5.41, 5.74) is 6.39. The summed E-state index contributed by atoms with van der Waals surface area (Å²) in [7, 11) is 1.39. The fraction of sp³-hybridized carbons (Fsp3) is 0.370. The number of fused-ring (bicyclic) bond motifs is 4. The van der Waals surface area contributed by atoms with E-state index in [9.17, 15) is 24.6 Å². The van der Waals surface area contributed by atoms with Crippen LogP contribution in [0.1, 0.15) is 47.5 Å². The highest BCUT2D eigenvalue weighted by molar-refractivity contribution is 5.75. The minimum Gasteiger partial charge on any atom is -0.504 e. The number of hydrogen-bond donors (Lipinski definition) is 3. The number of benzene rings is 1. The molecule has 0 saturated carbocycles. The van der Waals surface area contributed by atoms with E-state index >= 15 is 0 Å². The first-order valence-corrected chi connectivity index (χ1v) is 12.2. The second-order valence-electron chi connectivity index (χ2n) is 9.84. The molecular weight excluding hydrogens is 478 g/mol.